The molecule has 1 heterocycles. The van der Waals surface area contributed by atoms with Gasteiger partial charge in [-0.25, -0.2) is 4.98 Å². The van der Waals surface area contributed by atoms with E-state index in [-0.39, 0.29) is 0 Å². The number of rotatable bonds is 5. The topological polar surface area (TPSA) is 34.1 Å². The van der Waals surface area contributed by atoms with Crippen molar-refractivity contribution in [2.45, 2.75) is 26.8 Å². The van der Waals surface area contributed by atoms with Crippen molar-refractivity contribution in [3.05, 3.63) is 23.9 Å². The lowest BCUT2D eigenvalue weighted by Gasteiger charge is -2.15. The molecule has 0 saturated carbocycles. The van der Waals surface area contributed by atoms with Crippen molar-refractivity contribution in [2.75, 3.05) is 18.5 Å². The van der Waals surface area contributed by atoms with Crippen molar-refractivity contribution >= 4 is 5.82 Å². The molecule has 3 nitrogen and oxygen atoms in total. The fourth-order valence-corrected chi connectivity index (χ4v) is 1.21. The van der Waals surface area contributed by atoms with Crippen LogP contribution in [0.4, 0.5) is 5.82 Å². The molecular weight excluding hydrogens is 176 g/mol. The molecule has 78 valence electrons. The molecule has 1 atom stereocenters. The Hall–Kier alpha value is -1.09. The Balaban J connectivity index is 2.47. The molecule has 1 unspecified atom stereocenters. The van der Waals surface area contributed by atoms with Gasteiger partial charge in [0.05, 0.1) is 6.61 Å². The maximum Gasteiger partial charge on any atom is 0.129 e. The van der Waals surface area contributed by atoms with Crippen molar-refractivity contribution in [3.63, 3.8) is 0 Å². The number of aryl methyl sites for hydroxylation is 1. The molecule has 0 amide bonds. The van der Waals surface area contributed by atoms with Gasteiger partial charge in [0.1, 0.15) is 5.82 Å². The van der Waals surface area contributed by atoms with Crippen LogP contribution < -0.4 is 5.32 Å². The molecule has 0 saturated heterocycles. The van der Waals surface area contributed by atoms with E-state index >= 15 is 0 Å². The van der Waals surface area contributed by atoms with Crippen LogP contribution in [0.1, 0.15) is 19.4 Å². The average molecular weight is 194 g/mol. The van der Waals surface area contributed by atoms with Crippen LogP contribution in [0.5, 0.6) is 0 Å². The van der Waals surface area contributed by atoms with Gasteiger partial charge in [0.2, 0.25) is 0 Å². The number of nitrogens with zero attached hydrogens (tertiary/aromatic N) is 1. The third-order valence-corrected chi connectivity index (χ3v) is 1.96. The van der Waals surface area contributed by atoms with Gasteiger partial charge < -0.3 is 10.1 Å². The number of hydrogen-bond donors (Lipinski definition) is 1. The lowest BCUT2D eigenvalue weighted by molar-refractivity contribution is 0.141. The fraction of sp³-hybridized carbons (Fsp3) is 0.545. The van der Waals surface area contributed by atoms with Crippen molar-refractivity contribution in [2.24, 2.45) is 0 Å². The standard InChI is InChI=1S/C11H18N2O/c1-4-14-8-10(3)13-11-9(2)6-5-7-12-11/h5-7,10H,4,8H2,1-3H3,(H,12,13). The van der Waals surface area contributed by atoms with E-state index in [4.69, 9.17) is 4.74 Å². The predicted molar refractivity (Wildman–Crippen MR) is 58.6 cm³/mol. The van der Waals surface area contributed by atoms with Crippen LogP contribution in [-0.2, 0) is 4.74 Å². The minimum atomic E-state index is 0.295. The molecule has 0 aliphatic carbocycles. The number of ether oxygens (including phenoxy) is 1. The van der Waals surface area contributed by atoms with E-state index in [1.165, 1.54) is 0 Å². The lowest BCUT2D eigenvalue weighted by Crippen LogP contribution is -2.22. The Labute approximate surface area is 85.5 Å². The summed E-state index contributed by atoms with van der Waals surface area (Å²) < 4.78 is 5.32. The van der Waals surface area contributed by atoms with Crippen LogP contribution in [0.2, 0.25) is 0 Å². The Bertz CT molecular complexity index is 276. The van der Waals surface area contributed by atoms with Crippen molar-refractivity contribution in [1.29, 1.82) is 0 Å². The number of anilines is 1. The van der Waals surface area contributed by atoms with Gasteiger partial charge in [-0.3, -0.25) is 0 Å². The zero-order chi connectivity index (χ0) is 10.4. The van der Waals surface area contributed by atoms with Gasteiger partial charge in [-0.2, -0.15) is 0 Å². The van der Waals surface area contributed by atoms with E-state index in [9.17, 15) is 0 Å². The summed E-state index contributed by atoms with van der Waals surface area (Å²) in [7, 11) is 0. The lowest BCUT2D eigenvalue weighted by atomic mass is 10.2. The normalized spacial score (nSPS) is 12.5. The maximum atomic E-state index is 5.32. The van der Waals surface area contributed by atoms with E-state index in [2.05, 4.69) is 17.2 Å². The second-order valence-corrected chi connectivity index (χ2v) is 3.37. The van der Waals surface area contributed by atoms with Gasteiger partial charge in [0, 0.05) is 18.8 Å². The highest BCUT2D eigenvalue weighted by atomic mass is 16.5. The Morgan fingerprint density at radius 3 is 3.00 bits per heavy atom. The Morgan fingerprint density at radius 1 is 1.57 bits per heavy atom. The summed E-state index contributed by atoms with van der Waals surface area (Å²) in [6, 6.07) is 4.28. The fourth-order valence-electron chi connectivity index (χ4n) is 1.21. The summed E-state index contributed by atoms with van der Waals surface area (Å²) in [6.07, 6.45) is 1.79. The summed E-state index contributed by atoms with van der Waals surface area (Å²) in [6.45, 7) is 7.60. The molecule has 3 heteroatoms. The highest BCUT2D eigenvalue weighted by Crippen LogP contribution is 2.10. The zero-order valence-electron chi connectivity index (χ0n) is 9.08. The third-order valence-electron chi connectivity index (χ3n) is 1.96. The largest absolute Gasteiger partial charge is 0.380 e. The molecule has 0 aromatic carbocycles. The van der Waals surface area contributed by atoms with Crippen LogP contribution in [0.3, 0.4) is 0 Å². The van der Waals surface area contributed by atoms with Crippen LogP contribution in [-0.4, -0.2) is 24.2 Å². The second kappa shape index (κ2) is 5.60. The molecule has 0 fully saturated rings. The Morgan fingerprint density at radius 2 is 2.36 bits per heavy atom. The van der Waals surface area contributed by atoms with Gasteiger partial charge in [-0.05, 0) is 32.4 Å². The monoisotopic (exact) mass is 194 g/mol. The summed E-state index contributed by atoms with van der Waals surface area (Å²) in [5, 5.41) is 3.31. The van der Waals surface area contributed by atoms with E-state index in [0.717, 1.165) is 18.0 Å². The zero-order valence-corrected chi connectivity index (χ0v) is 9.08. The Kier molecular flexibility index (Phi) is 4.40. The maximum absolute atomic E-state index is 5.32. The van der Waals surface area contributed by atoms with Crippen LogP contribution >= 0.6 is 0 Å². The minimum absolute atomic E-state index is 0.295. The first-order valence-corrected chi connectivity index (χ1v) is 5.00. The first-order valence-electron chi connectivity index (χ1n) is 5.00. The SMILES string of the molecule is CCOCC(C)Nc1ncccc1C. The van der Waals surface area contributed by atoms with Crippen LogP contribution in [0.15, 0.2) is 18.3 Å². The molecule has 0 aliphatic rings. The number of aromatic nitrogens is 1. The van der Waals surface area contributed by atoms with Crippen molar-refractivity contribution < 1.29 is 4.74 Å². The summed E-state index contributed by atoms with van der Waals surface area (Å²) in [4.78, 5) is 4.26. The van der Waals surface area contributed by atoms with Gasteiger partial charge in [-0.1, -0.05) is 6.07 Å². The minimum Gasteiger partial charge on any atom is -0.380 e. The number of nitrogens with one attached hydrogen (secondary N) is 1. The predicted octanol–water partition coefficient (Wildman–Crippen LogP) is 2.23. The molecule has 1 aromatic rings. The molecule has 0 spiro atoms. The van der Waals surface area contributed by atoms with Gasteiger partial charge in [-0.15, -0.1) is 0 Å². The van der Waals surface area contributed by atoms with Crippen molar-refractivity contribution in [1.82, 2.24) is 4.98 Å². The van der Waals surface area contributed by atoms with Gasteiger partial charge >= 0.3 is 0 Å². The first kappa shape index (κ1) is 11.0. The second-order valence-electron chi connectivity index (χ2n) is 3.37. The summed E-state index contributed by atoms with van der Waals surface area (Å²) in [5.41, 5.74) is 1.16. The van der Waals surface area contributed by atoms with E-state index < -0.39 is 0 Å². The third kappa shape index (κ3) is 3.34. The van der Waals surface area contributed by atoms with Gasteiger partial charge in [0.25, 0.3) is 0 Å². The molecule has 1 N–H and O–H groups in total. The quantitative estimate of drug-likeness (QED) is 0.780. The molecule has 0 radical (unpaired) electrons. The molecular formula is C11H18N2O. The average Bonchev–Trinajstić information content (AvgIpc) is 2.18. The number of hydrogen-bond acceptors (Lipinski definition) is 3. The highest BCUT2D eigenvalue weighted by Gasteiger charge is 2.03. The van der Waals surface area contributed by atoms with E-state index in [1.807, 2.05) is 26.0 Å². The van der Waals surface area contributed by atoms with E-state index in [0.29, 0.717) is 12.6 Å². The molecule has 0 aliphatic heterocycles. The summed E-state index contributed by atoms with van der Waals surface area (Å²) >= 11 is 0. The highest BCUT2D eigenvalue weighted by molar-refractivity contribution is 5.43. The molecule has 0 bridgehead atoms. The van der Waals surface area contributed by atoms with E-state index in [1.54, 1.807) is 6.20 Å². The number of pyridine rings is 1. The van der Waals surface area contributed by atoms with Crippen LogP contribution in [0, 0.1) is 6.92 Å². The smallest absolute Gasteiger partial charge is 0.129 e. The molecule has 14 heavy (non-hydrogen) atoms. The first-order chi connectivity index (χ1) is 6.74. The molecule has 1 rings (SSSR count). The van der Waals surface area contributed by atoms with Crippen LogP contribution in [0.25, 0.3) is 0 Å². The van der Waals surface area contributed by atoms with Gasteiger partial charge in [0.15, 0.2) is 0 Å². The van der Waals surface area contributed by atoms with Crippen molar-refractivity contribution in [3.8, 4) is 0 Å². The molecule has 1 aromatic heterocycles. The summed E-state index contributed by atoms with van der Waals surface area (Å²) in [5.74, 6) is 0.944.